The van der Waals surface area contributed by atoms with E-state index in [-0.39, 0.29) is 5.54 Å². The predicted molar refractivity (Wildman–Crippen MR) is 90.0 cm³/mol. The molecule has 0 fully saturated rings. The van der Waals surface area contributed by atoms with E-state index < -0.39 is 0 Å². The third kappa shape index (κ3) is 4.16. The van der Waals surface area contributed by atoms with E-state index >= 15 is 0 Å². The number of nitrogens with one attached hydrogen (secondary N) is 1. The molecule has 1 aromatic carbocycles. The molecule has 5 nitrogen and oxygen atoms in total. The number of aromatic amines is 1. The van der Waals surface area contributed by atoms with Gasteiger partial charge in [0.1, 0.15) is 6.34 Å². The van der Waals surface area contributed by atoms with Crippen LogP contribution in [0.3, 0.4) is 0 Å². The van der Waals surface area contributed by atoms with E-state index in [9.17, 15) is 0 Å². The summed E-state index contributed by atoms with van der Waals surface area (Å²) >= 11 is 0. The molecule has 0 bridgehead atoms. The van der Waals surface area contributed by atoms with Crippen LogP contribution >= 0.6 is 0 Å². The van der Waals surface area contributed by atoms with Crippen LogP contribution in [0.2, 0.25) is 0 Å². The molecule has 21 heavy (non-hydrogen) atoms. The van der Waals surface area contributed by atoms with Crippen LogP contribution in [-0.2, 0) is 12.8 Å². The third-order valence-corrected chi connectivity index (χ3v) is 3.28. The summed E-state index contributed by atoms with van der Waals surface area (Å²) in [6.45, 7) is 4.78. The summed E-state index contributed by atoms with van der Waals surface area (Å²) in [4.78, 5) is 11.3. The van der Waals surface area contributed by atoms with Crippen molar-refractivity contribution in [3.63, 3.8) is 0 Å². The van der Waals surface area contributed by atoms with E-state index in [1.807, 2.05) is 13.8 Å². The van der Waals surface area contributed by atoms with Gasteiger partial charge in [0, 0.05) is 29.2 Å². The molecule has 0 atom stereocenters. The van der Waals surface area contributed by atoms with Gasteiger partial charge in [-0.25, -0.2) is 4.99 Å². The van der Waals surface area contributed by atoms with E-state index in [1.54, 1.807) is 0 Å². The molecule has 112 valence electrons. The van der Waals surface area contributed by atoms with E-state index in [1.165, 1.54) is 34.7 Å². The van der Waals surface area contributed by atoms with Gasteiger partial charge in [-0.3, -0.25) is 4.99 Å². The first kappa shape index (κ1) is 15.3. The molecular weight excluding hydrogens is 262 g/mol. The van der Waals surface area contributed by atoms with Gasteiger partial charge in [0.2, 0.25) is 0 Å². The number of fused-ring (bicyclic) bond motifs is 1. The molecule has 0 aliphatic carbocycles. The fourth-order valence-electron chi connectivity index (χ4n) is 2.45. The molecule has 0 saturated heterocycles. The van der Waals surface area contributed by atoms with Gasteiger partial charge in [-0.1, -0.05) is 18.2 Å². The zero-order chi connectivity index (χ0) is 15.3. The molecule has 0 unspecified atom stereocenters. The summed E-state index contributed by atoms with van der Waals surface area (Å²) in [5.74, 6) is 0. The molecule has 2 aromatic rings. The summed E-state index contributed by atoms with van der Waals surface area (Å²) in [5.41, 5.74) is 14.8. The Balaban J connectivity index is 2.18. The molecule has 0 aliphatic heterocycles. The average Bonchev–Trinajstić information content (AvgIpc) is 2.81. The quantitative estimate of drug-likeness (QED) is 0.559. The zero-order valence-electron chi connectivity index (χ0n) is 12.6. The van der Waals surface area contributed by atoms with E-state index in [2.05, 4.69) is 39.4 Å². The number of nitrogens with zero attached hydrogens (tertiary/aromatic N) is 2. The standard InChI is InChI=1S/C16H23N5/c1-16(2,18)8-13-9-21-15-12(4-3-5-14(13)15)6-7-19-11-20-10-17/h3-5,9-11,21H,6-8,18H2,1-2H3,(H2,17,19,20). The zero-order valence-corrected chi connectivity index (χ0v) is 12.6. The highest BCUT2D eigenvalue weighted by molar-refractivity contribution is 5.86. The molecule has 0 radical (unpaired) electrons. The van der Waals surface area contributed by atoms with E-state index in [4.69, 9.17) is 11.5 Å². The lowest BCUT2D eigenvalue weighted by Gasteiger charge is -2.17. The smallest absolute Gasteiger partial charge is 0.111 e. The Morgan fingerprint density at radius 2 is 2.10 bits per heavy atom. The number of hydrogen-bond donors (Lipinski definition) is 3. The monoisotopic (exact) mass is 285 g/mol. The minimum atomic E-state index is -0.213. The lowest BCUT2D eigenvalue weighted by atomic mass is 9.95. The molecule has 0 saturated carbocycles. The average molecular weight is 285 g/mol. The fourth-order valence-corrected chi connectivity index (χ4v) is 2.45. The lowest BCUT2D eigenvalue weighted by Crippen LogP contribution is -2.34. The second kappa shape index (κ2) is 6.54. The maximum Gasteiger partial charge on any atom is 0.111 e. The number of nitrogens with two attached hydrogens (primary N) is 2. The largest absolute Gasteiger partial charge is 0.390 e. The van der Waals surface area contributed by atoms with Crippen molar-refractivity contribution in [3.8, 4) is 0 Å². The Labute approximate surface area is 125 Å². The Morgan fingerprint density at radius 3 is 2.81 bits per heavy atom. The van der Waals surface area contributed by atoms with Gasteiger partial charge in [0.25, 0.3) is 0 Å². The Bertz CT molecular complexity index is 646. The number of H-pyrrole nitrogens is 1. The second-order valence-corrected chi connectivity index (χ2v) is 5.89. The molecule has 1 heterocycles. The van der Waals surface area contributed by atoms with Gasteiger partial charge >= 0.3 is 0 Å². The van der Waals surface area contributed by atoms with Crippen molar-refractivity contribution in [2.75, 3.05) is 6.54 Å². The van der Waals surface area contributed by atoms with Crippen molar-refractivity contribution in [2.45, 2.75) is 32.2 Å². The molecule has 2 rings (SSSR count). The number of rotatable bonds is 6. The van der Waals surface area contributed by atoms with Gasteiger partial charge < -0.3 is 16.5 Å². The fraction of sp³-hybridized carbons (Fsp3) is 0.375. The Morgan fingerprint density at radius 1 is 1.29 bits per heavy atom. The van der Waals surface area contributed by atoms with Crippen LogP contribution in [0.25, 0.3) is 10.9 Å². The highest BCUT2D eigenvalue weighted by Crippen LogP contribution is 2.24. The molecule has 1 aromatic heterocycles. The van der Waals surface area contributed by atoms with Crippen molar-refractivity contribution in [1.29, 1.82) is 0 Å². The van der Waals surface area contributed by atoms with Crippen molar-refractivity contribution >= 4 is 23.6 Å². The highest BCUT2D eigenvalue weighted by atomic mass is 14.9. The summed E-state index contributed by atoms with van der Waals surface area (Å²) in [7, 11) is 0. The van der Waals surface area contributed by atoms with Crippen molar-refractivity contribution < 1.29 is 0 Å². The van der Waals surface area contributed by atoms with Gasteiger partial charge in [-0.2, -0.15) is 0 Å². The van der Waals surface area contributed by atoms with Gasteiger partial charge in [-0.05, 0) is 37.8 Å². The summed E-state index contributed by atoms with van der Waals surface area (Å²) < 4.78 is 0. The van der Waals surface area contributed by atoms with Crippen molar-refractivity contribution in [2.24, 2.45) is 21.5 Å². The van der Waals surface area contributed by atoms with Crippen molar-refractivity contribution in [1.82, 2.24) is 4.98 Å². The van der Waals surface area contributed by atoms with E-state index in [0.717, 1.165) is 12.8 Å². The maximum absolute atomic E-state index is 6.13. The Kier molecular flexibility index (Phi) is 4.75. The molecule has 5 N–H and O–H groups in total. The second-order valence-electron chi connectivity index (χ2n) is 5.89. The number of benzene rings is 1. The van der Waals surface area contributed by atoms with Gasteiger partial charge in [0.05, 0.1) is 6.34 Å². The first-order valence-corrected chi connectivity index (χ1v) is 7.09. The predicted octanol–water partition coefficient (Wildman–Crippen LogP) is 2.01. The van der Waals surface area contributed by atoms with E-state index in [0.29, 0.717) is 6.54 Å². The summed E-state index contributed by atoms with van der Waals surface area (Å²) in [6.07, 6.45) is 6.48. The van der Waals surface area contributed by atoms with Crippen LogP contribution < -0.4 is 11.5 Å². The molecule has 0 spiro atoms. The number of aliphatic imine (C=N–C) groups is 2. The van der Waals surface area contributed by atoms with Crippen LogP contribution in [0.1, 0.15) is 25.0 Å². The van der Waals surface area contributed by atoms with Crippen molar-refractivity contribution in [3.05, 3.63) is 35.5 Å². The number of para-hydroxylation sites is 1. The topological polar surface area (TPSA) is 92.5 Å². The van der Waals surface area contributed by atoms with Crippen LogP contribution in [0.5, 0.6) is 0 Å². The maximum atomic E-state index is 6.13. The third-order valence-electron chi connectivity index (χ3n) is 3.28. The number of aromatic nitrogens is 1. The minimum Gasteiger partial charge on any atom is -0.390 e. The Hall–Kier alpha value is -2.14. The summed E-state index contributed by atoms with van der Waals surface area (Å²) in [5, 5.41) is 1.25. The number of hydrogen-bond acceptors (Lipinski definition) is 2. The highest BCUT2D eigenvalue weighted by Gasteiger charge is 2.15. The van der Waals surface area contributed by atoms with Gasteiger partial charge in [-0.15, -0.1) is 0 Å². The van der Waals surface area contributed by atoms with Gasteiger partial charge in [0.15, 0.2) is 0 Å². The van der Waals surface area contributed by atoms with Crippen LogP contribution in [0, 0.1) is 0 Å². The van der Waals surface area contributed by atoms with Crippen LogP contribution in [0.4, 0.5) is 0 Å². The molecular formula is C16H23N5. The minimum absolute atomic E-state index is 0.213. The first-order valence-electron chi connectivity index (χ1n) is 7.09. The molecule has 5 heteroatoms. The first-order chi connectivity index (χ1) is 10.0. The van der Waals surface area contributed by atoms with Crippen LogP contribution in [-0.4, -0.2) is 29.7 Å². The SMILES string of the molecule is CC(C)(N)Cc1c[nH]c2c(CCN=CN=CN)cccc12. The van der Waals surface area contributed by atoms with Crippen LogP contribution in [0.15, 0.2) is 34.4 Å². The lowest BCUT2D eigenvalue weighted by molar-refractivity contribution is 0.518. The summed E-state index contributed by atoms with van der Waals surface area (Å²) in [6, 6.07) is 6.34. The normalized spacial score (nSPS) is 12.9. The molecule has 0 amide bonds. The molecule has 0 aliphatic rings.